The quantitative estimate of drug-likeness (QED) is 0.877. The molecule has 1 N–H and O–H groups in total. The van der Waals surface area contributed by atoms with Gasteiger partial charge in [0.1, 0.15) is 12.1 Å². The largest absolute Gasteiger partial charge is 0.342 e. The van der Waals surface area contributed by atoms with Crippen LogP contribution < -0.4 is 5.32 Å². The number of rotatable bonds is 6. The molecule has 4 nitrogen and oxygen atoms in total. The van der Waals surface area contributed by atoms with E-state index in [1.807, 2.05) is 32.2 Å². The van der Waals surface area contributed by atoms with Crippen LogP contribution in [0.2, 0.25) is 0 Å². The molecule has 2 atom stereocenters. The van der Waals surface area contributed by atoms with Crippen LogP contribution in [0.1, 0.15) is 38.5 Å². The van der Waals surface area contributed by atoms with Gasteiger partial charge in [-0.05, 0) is 30.2 Å². The third kappa shape index (κ3) is 3.64. The maximum absolute atomic E-state index is 12.6. The van der Waals surface area contributed by atoms with Crippen LogP contribution in [0.4, 0.5) is 0 Å². The highest BCUT2D eigenvalue weighted by Gasteiger charge is 2.41. The van der Waals surface area contributed by atoms with Gasteiger partial charge >= 0.3 is 0 Å². The zero-order valence-corrected chi connectivity index (χ0v) is 13.8. The van der Waals surface area contributed by atoms with Crippen LogP contribution >= 0.6 is 11.3 Å². The summed E-state index contributed by atoms with van der Waals surface area (Å²) in [5, 5.41) is 4.94. The SMILES string of the molecule is CCCC1NC(=O)C(C(C)C)N(CCc2cccs2)C1=O. The molecule has 0 saturated carbocycles. The maximum atomic E-state index is 12.6. The van der Waals surface area contributed by atoms with E-state index in [9.17, 15) is 9.59 Å². The van der Waals surface area contributed by atoms with E-state index in [2.05, 4.69) is 11.4 Å². The Hall–Kier alpha value is -1.36. The average molecular weight is 308 g/mol. The minimum absolute atomic E-state index is 0.00534. The molecule has 116 valence electrons. The number of hydrogen-bond donors (Lipinski definition) is 1. The lowest BCUT2D eigenvalue weighted by Crippen LogP contribution is -2.65. The summed E-state index contributed by atoms with van der Waals surface area (Å²) < 4.78 is 0. The number of nitrogens with zero attached hydrogens (tertiary/aromatic N) is 1. The maximum Gasteiger partial charge on any atom is 0.245 e. The molecule has 2 unspecified atom stereocenters. The van der Waals surface area contributed by atoms with Crippen molar-refractivity contribution in [2.45, 2.75) is 52.1 Å². The normalized spacial score (nSPS) is 22.8. The molecule has 0 aliphatic carbocycles. The fourth-order valence-electron chi connectivity index (χ4n) is 2.88. The first-order valence-electron chi connectivity index (χ1n) is 7.67. The number of amides is 2. The van der Waals surface area contributed by atoms with E-state index in [4.69, 9.17) is 0 Å². The fourth-order valence-corrected chi connectivity index (χ4v) is 3.58. The Morgan fingerprint density at radius 1 is 1.38 bits per heavy atom. The lowest BCUT2D eigenvalue weighted by Gasteiger charge is -2.40. The Labute approximate surface area is 130 Å². The van der Waals surface area contributed by atoms with Crippen LogP contribution in [0.25, 0.3) is 0 Å². The highest BCUT2D eigenvalue weighted by molar-refractivity contribution is 7.09. The zero-order valence-electron chi connectivity index (χ0n) is 13.0. The second kappa shape index (κ2) is 7.07. The van der Waals surface area contributed by atoms with Gasteiger partial charge in [0.25, 0.3) is 0 Å². The molecule has 2 rings (SSSR count). The van der Waals surface area contributed by atoms with Crippen molar-refractivity contribution in [3.05, 3.63) is 22.4 Å². The molecule has 0 spiro atoms. The molecule has 1 aromatic heterocycles. The van der Waals surface area contributed by atoms with Crippen LogP contribution in [0, 0.1) is 5.92 Å². The van der Waals surface area contributed by atoms with Crippen molar-refractivity contribution in [3.8, 4) is 0 Å². The summed E-state index contributed by atoms with van der Waals surface area (Å²) in [6.45, 7) is 6.64. The molecule has 21 heavy (non-hydrogen) atoms. The Kier molecular flexibility index (Phi) is 5.39. The smallest absolute Gasteiger partial charge is 0.245 e. The Bertz CT molecular complexity index is 484. The molecule has 2 amide bonds. The third-order valence-corrected chi connectivity index (χ3v) is 4.83. The Balaban J connectivity index is 2.13. The van der Waals surface area contributed by atoms with Crippen molar-refractivity contribution < 1.29 is 9.59 Å². The first-order chi connectivity index (χ1) is 10.0. The van der Waals surface area contributed by atoms with E-state index < -0.39 is 0 Å². The van der Waals surface area contributed by atoms with Crippen molar-refractivity contribution >= 4 is 23.2 Å². The van der Waals surface area contributed by atoms with E-state index in [0.29, 0.717) is 13.0 Å². The summed E-state index contributed by atoms with van der Waals surface area (Å²) in [6.07, 6.45) is 2.42. The first-order valence-corrected chi connectivity index (χ1v) is 8.55. The van der Waals surface area contributed by atoms with Gasteiger partial charge in [0.2, 0.25) is 11.8 Å². The second-order valence-corrected chi connectivity index (χ2v) is 6.93. The predicted octanol–water partition coefficient (Wildman–Crippen LogP) is 2.44. The summed E-state index contributed by atoms with van der Waals surface area (Å²) in [6, 6.07) is 3.41. The minimum atomic E-state index is -0.346. The number of carbonyl (C=O) groups is 2. The summed E-state index contributed by atoms with van der Waals surface area (Å²) in [4.78, 5) is 28.0. The van der Waals surface area contributed by atoms with Crippen LogP contribution in [0.5, 0.6) is 0 Å². The minimum Gasteiger partial charge on any atom is -0.342 e. The van der Waals surface area contributed by atoms with Crippen molar-refractivity contribution in [2.75, 3.05) is 6.54 Å². The van der Waals surface area contributed by atoms with Gasteiger partial charge in [-0.15, -0.1) is 11.3 Å². The summed E-state index contributed by atoms with van der Waals surface area (Å²) in [5.41, 5.74) is 0. The number of carbonyl (C=O) groups excluding carboxylic acids is 2. The zero-order chi connectivity index (χ0) is 15.4. The van der Waals surface area contributed by atoms with Crippen LogP contribution in [-0.4, -0.2) is 35.3 Å². The second-order valence-electron chi connectivity index (χ2n) is 5.90. The molecule has 2 heterocycles. The molecule has 1 aromatic rings. The molecule has 1 aliphatic rings. The van der Waals surface area contributed by atoms with Gasteiger partial charge < -0.3 is 10.2 Å². The van der Waals surface area contributed by atoms with E-state index in [1.54, 1.807) is 16.2 Å². The average Bonchev–Trinajstić information content (AvgIpc) is 2.93. The molecule has 0 aromatic carbocycles. The number of piperazine rings is 1. The lowest BCUT2D eigenvalue weighted by molar-refractivity contribution is -0.151. The van der Waals surface area contributed by atoms with Gasteiger partial charge in [-0.3, -0.25) is 9.59 Å². The van der Waals surface area contributed by atoms with Gasteiger partial charge in [0, 0.05) is 11.4 Å². The predicted molar refractivity (Wildman–Crippen MR) is 85.2 cm³/mol. The third-order valence-electron chi connectivity index (χ3n) is 3.89. The molecule has 0 radical (unpaired) electrons. The van der Waals surface area contributed by atoms with E-state index in [1.165, 1.54) is 4.88 Å². The summed E-state index contributed by atoms with van der Waals surface area (Å²) in [7, 11) is 0. The molecule has 0 bridgehead atoms. The monoisotopic (exact) mass is 308 g/mol. The van der Waals surface area contributed by atoms with Crippen molar-refractivity contribution in [3.63, 3.8) is 0 Å². The summed E-state index contributed by atoms with van der Waals surface area (Å²) >= 11 is 1.70. The molecular formula is C16H24N2O2S. The van der Waals surface area contributed by atoms with Crippen molar-refractivity contribution in [1.29, 1.82) is 0 Å². The lowest BCUT2D eigenvalue weighted by atomic mass is 9.95. The van der Waals surface area contributed by atoms with Crippen LogP contribution in [0.3, 0.4) is 0 Å². The van der Waals surface area contributed by atoms with Crippen LogP contribution in [-0.2, 0) is 16.0 Å². The fraction of sp³-hybridized carbons (Fsp3) is 0.625. The topological polar surface area (TPSA) is 49.4 Å². The van der Waals surface area contributed by atoms with Crippen molar-refractivity contribution in [2.24, 2.45) is 5.92 Å². The Morgan fingerprint density at radius 3 is 2.71 bits per heavy atom. The van der Waals surface area contributed by atoms with Gasteiger partial charge in [-0.1, -0.05) is 33.3 Å². The molecular weight excluding hydrogens is 284 g/mol. The van der Waals surface area contributed by atoms with Crippen molar-refractivity contribution in [1.82, 2.24) is 10.2 Å². The molecule has 1 aliphatic heterocycles. The van der Waals surface area contributed by atoms with E-state index in [0.717, 1.165) is 12.8 Å². The summed E-state index contributed by atoms with van der Waals surface area (Å²) in [5.74, 6) is 0.195. The molecule has 1 saturated heterocycles. The molecule has 1 fully saturated rings. The Morgan fingerprint density at radius 2 is 2.14 bits per heavy atom. The van der Waals surface area contributed by atoms with Gasteiger partial charge in [-0.25, -0.2) is 0 Å². The van der Waals surface area contributed by atoms with Crippen LogP contribution in [0.15, 0.2) is 17.5 Å². The first kappa shape index (κ1) is 16.0. The highest BCUT2D eigenvalue weighted by Crippen LogP contribution is 2.20. The molecule has 5 heteroatoms. The van der Waals surface area contributed by atoms with E-state index in [-0.39, 0.29) is 29.8 Å². The standard InChI is InChI=1S/C16H24N2O2S/c1-4-6-13-16(20)18(9-8-12-7-5-10-21-12)14(11(2)3)15(19)17-13/h5,7,10-11,13-14H,4,6,8-9H2,1-3H3,(H,17,19). The number of nitrogens with one attached hydrogen (secondary N) is 1. The van der Waals surface area contributed by atoms with Gasteiger partial charge in [0.05, 0.1) is 0 Å². The number of hydrogen-bond acceptors (Lipinski definition) is 3. The highest BCUT2D eigenvalue weighted by atomic mass is 32.1. The number of thiophene rings is 1. The van der Waals surface area contributed by atoms with Gasteiger partial charge in [-0.2, -0.15) is 0 Å². The van der Waals surface area contributed by atoms with E-state index >= 15 is 0 Å². The van der Waals surface area contributed by atoms with Gasteiger partial charge in [0.15, 0.2) is 0 Å².